The molecule has 0 aromatic heterocycles. The second-order valence-electron chi connectivity index (χ2n) is 6.16. The second kappa shape index (κ2) is 7.00. The fourth-order valence-electron chi connectivity index (χ4n) is 3.24. The van der Waals surface area contributed by atoms with Crippen molar-refractivity contribution in [3.05, 3.63) is 73.8 Å². The van der Waals surface area contributed by atoms with Gasteiger partial charge in [-0.3, -0.25) is 4.99 Å². The highest BCUT2D eigenvalue weighted by molar-refractivity contribution is 9.11. The minimum absolute atomic E-state index is 0.119. The summed E-state index contributed by atoms with van der Waals surface area (Å²) in [4.78, 5) is 11.0. The summed E-state index contributed by atoms with van der Waals surface area (Å²) in [5, 5.41) is 0.467. The lowest BCUT2D eigenvalue weighted by atomic mass is 9.99. The molecule has 138 valence electrons. The Hall–Kier alpha value is -1.76. The Labute approximate surface area is 173 Å². The molecule has 1 atom stereocenters. The van der Waals surface area contributed by atoms with E-state index in [0.29, 0.717) is 23.6 Å². The number of hydrogen-bond acceptors (Lipinski definition) is 3. The summed E-state index contributed by atoms with van der Waals surface area (Å²) in [6, 6.07) is 6.66. The van der Waals surface area contributed by atoms with Crippen molar-refractivity contribution in [1.82, 2.24) is 0 Å². The van der Waals surface area contributed by atoms with Crippen LogP contribution >= 0.6 is 39.1 Å². The van der Waals surface area contributed by atoms with Gasteiger partial charge in [0.05, 0.1) is 33.6 Å². The number of amidine groups is 1. The highest BCUT2D eigenvalue weighted by Gasteiger charge is 2.33. The minimum atomic E-state index is -0.718. The van der Waals surface area contributed by atoms with Crippen molar-refractivity contribution >= 4 is 56.4 Å². The molecular formula is C19H12BrCl2F2N3. The molecule has 3 nitrogen and oxygen atoms in total. The van der Waals surface area contributed by atoms with E-state index in [-0.39, 0.29) is 21.3 Å². The molecule has 0 saturated heterocycles. The summed E-state index contributed by atoms with van der Waals surface area (Å²) in [6.07, 6.45) is 1.70. The number of hydrogen-bond donors (Lipinski definition) is 0. The zero-order valence-corrected chi connectivity index (χ0v) is 17.1. The maximum Gasteiger partial charge on any atom is 0.135 e. The van der Waals surface area contributed by atoms with Crippen LogP contribution in [0.15, 0.2) is 51.0 Å². The minimum Gasteiger partial charge on any atom is -0.322 e. The van der Waals surface area contributed by atoms with Gasteiger partial charge in [-0.2, -0.15) is 0 Å². The fraction of sp³-hybridized carbons (Fsp3) is 0.158. The smallest absolute Gasteiger partial charge is 0.135 e. The number of anilines is 1. The third-order valence-electron chi connectivity index (χ3n) is 4.42. The van der Waals surface area contributed by atoms with Crippen LogP contribution in [0.1, 0.15) is 18.1 Å². The monoisotopic (exact) mass is 469 g/mol. The quantitative estimate of drug-likeness (QED) is 0.504. The number of aliphatic imine (C=N–C) groups is 2. The van der Waals surface area contributed by atoms with Gasteiger partial charge in [0.2, 0.25) is 0 Å². The van der Waals surface area contributed by atoms with Crippen molar-refractivity contribution in [2.75, 3.05) is 11.4 Å². The van der Waals surface area contributed by atoms with Gasteiger partial charge in [0.25, 0.3) is 0 Å². The largest absolute Gasteiger partial charge is 0.322 e. The molecular weight excluding hydrogens is 459 g/mol. The lowest BCUT2D eigenvalue weighted by Gasteiger charge is -2.30. The van der Waals surface area contributed by atoms with Crippen molar-refractivity contribution in [2.24, 2.45) is 9.98 Å². The van der Waals surface area contributed by atoms with E-state index in [9.17, 15) is 8.78 Å². The number of nitrogens with zero attached hydrogens (tertiary/aromatic N) is 3. The zero-order valence-electron chi connectivity index (χ0n) is 14.0. The van der Waals surface area contributed by atoms with Gasteiger partial charge >= 0.3 is 0 Å². The summed E-state index contributed by atoms with van der Waals surface area (Å²) < 4.78 is 30.0. The van der Waals surface area contributed by atoms with Gasteiger partial charge in [0.15, 0.2) is 0 Å². The summed E-state index contributed by atoms with van der Waals surface area (Å²) in [7, 11) is 0. The molecule has 2 aromatic rings. The molecule has 8 heteroatoms. The van der Waals surface area contributed by atoms with Crippen LogP contribution in [0.2, 0.25) is 10.0 Å². The first-order valence-electron chi connectivity index (χ1n) is 8.08. The van der Waals surface area contributed by atoms with E-state index in [1.807, 2.05) is 11.8 Å². The molecule has 2 aromatic carbocycles. The molecule has 27 heavy (non-hydrogen) atoms. The zero-order chi connectivity index (χ0) is 19.3. The molecule has 0 N–H and O–H groups in total. The molecule has 0 radical (unpaired) electrons. The number of rotatable bonds is 1. The van der Waals surface area contributed by atoms with Crippen LogP contribution in [0.4, 0.5) is 14.5 Å². The Balaban J connectivity index is 2.07. The van der Waals surface area contributed by atoms with Crippen LogP contribution in [-0.2, 0) is 0 Å². The number of benzene rings is 2. The SMILES string of the molecule is C[C@@H]1N=C(c2c(F)cccc2F)c2c(ccc(Cl)c2Cl)N2CC(Br)=CN=C12. The van der Waals surface area contributed by atoms with Crippen molar-refractivity contribution < 1.29 is 8.78 Å². The van der Waals surface area contributed by atoms with E-state index in [1.54, 1.807) is 18.3 Å². The summed E-state index contributed by atoms with van der Waals surface area (Å²) in [5.74, 6) is -0.780. The lowest BCUT2D eigenvalue weighted by Crippen LogP contribution is -2.39. The van der Waals surface area contributed by atoms with Crippen molar-refractivity contribution in [1.29, 1.82) is 0 Å². The standard InChI is InChI=1S/C19H12BrCl2F2N3/c1-9-19-25-7-10(20)8-27(19)14-6-5-11(21)17(22)16(14)18(26-9)15-12(23)3-2-4-13(15)24/h2-7,9H,8H2,1H3/t9-/m0/s1. The number of halogens is 5. The Morgan fingerprint density at radius 1 is 1.11 bits per heavy atom. The van der Waals surface area contributed by atoms with E-state index in [1.165, 1.54) is 18.2 Å². The molecule has 2 aliphatic rings. The van der Waals surface area contributed by atoms with Crippen molar-refractivity contribution in [3.8, 4) is 0 Å². The first-order valence-corrected chi connectivity index (χ1v) is 9.63. The van der Waals surface area contributed by atoms with Gasteiger partial charge < -0.3 is 4.90 Å². The van der Waals surface area contributed by atoms with Crippen LogP contribution in [-0.4, -0.2) is 24.1 Å². The van der Waals surface area contributed by atoms with E-state index in [2.05, 4.69) is 25.9 Å². The Morgan fingerprint density at radius 3 is 2.52 bits per heavy atom. The maximum absolute atomic E-state index is 14.6. The van der Waals surface area contributed by atoms with Gasteiger partial charge in [-0.15, -0.1) is 0 Å². The average Bonchev–Trinajstić information content (AvgIpc) is 2.73. The molecule has 0 bridgehead atoms. The van der Waals surface area contributed by atoms with Crippen LogP contribution in [0.3, 0.4) is 0 Å². The normalized spacial score (nSPS) is 18.8. The molecule has 0 unspecified atom stereocenters. The Morgan fingerprint density at radius 2 is 1.81 bits per heavy atom. The first-order chi connectivity index (χ1) is 12.9. The Bertz CT molecular complexity index is 1030. The molecule has 2 aliphatic heterocycles. The van der Waals surface area contributed by atoms with Crippen LogP contribution in [0.5, 0.6) is 0 Å². The van der Waals surface area contributed by atoms with E-state index < -0.39 is 17.7 Å². The van der Waals surface area contributed by atoms with Crippen LogP contribution in [0, 0.1) is 11.6 Å². The lowest BCUT2D eigenvalue weighted by molar-refractivity contribution is 0.579. The molecule has 0 saturated carbocycles. The second-order valence-corrected chi connectivity index (χ2v) is 7.96. The molecule has 0 fully saturated rings. The Kier molecular flexibility index (Phi) is 4.82. The van der Waals surface area contributed by atoms with E-state index >= 15 is 0 Å². The maximum atomic E-state index is 14.6. The summed E-state index contributed by atoms with van der Waals surface area (Å²) in [5.41, 5.74) is 0.905. The van der Waals surface area contributed by atoms with Gasteiger partial charge in [-0.1, -0.05) is 45.2 Å². The molecule has 0 amide bonds. The average molecular weight is 471 g/mol. The molecule has 2 heterocycles. The first kappa shape index (κ1) is 18.6. The fourth-order valence-corrected chi connectivity index (χ4v) is 4.00. The summed E-state index contributed by atoms with van der Waals surface area (Å²) in [6.45, 7) is 2.32. The topological polar surface area (TPSA) is 28.0 Å². The molecule has 0 aliphatic carbocycles. The van der Waals surface area contributed by atoms with E-state index in [4.69, 9.17) is 23.2 Å². The molecule has 4 rings (SSSR count). The predicted octanol–water partition coefficient (Wildman–Crippen LogP) is 5.97. The van der Waals surface area contributed by atoms with Crippen LogP contribution < -0.4 is 4.90 Å². The highest BCUT2D eigenvalue weighted by atomic mass is 79.9. The van der Waals surface area contributed by atoms with Crippen molar-refractivity contribution in [2.45, 2.75) is 13.0 Å². The number of fused-ring (bicyclic) bond motifs is 3. The van der Waals surface area contributed by atoms with Crippen LogP contribution in [0.25, 0.3) is 0 Å². The van der Waals surface area contributed by atoms with Gasteiger partial charge in [-0.25, -0.2) is 13.8 Å². The summed E-state index contributed by atoms with van der Waals surface area (Å²) >= 11 is 16.2. The predicted molar refractivity (Wildman–Crippen MR) is 110 cm³/mol. The third-order valence-corrected chi connectivity index (χ3v) is 5.68. The van der Waals surface area contributed by atoms with E-state index in [0.717, 1.165) is 4.48 Å². The van der Waals surface area contributed by atoms with Gasteiger partial charge in [0, 0.05) is 16.2 Å². The highest BCUT2D eigenvalue weighted by Crippen LogP contribution is 2.40. The van der Waals surface area contributed by atoms with Gasteiger partial charge in [0.1, 0.15) is 23.5 Å². The van der Waals surface area contributed by atoms with Crippen molar-refractivity contribution in [3.63, 3.8) is 0 Å². The molecule has 0 spiro atoms. The van der Waals surface area contributed by atoms with Gasteiger partial charge in [-0.05, 0) is 31.2 Å². The third kappa shape index (κ3) is 3.10.